The summed E-state index contributed by atoms with van der Waals surface area (Å²) < 4.78 is 43.3. The average Bonchev–Trinajstić information content (AvgIpc) is 3.16. The molecular formula is C15H16F3N3O. The van der Waals surface area contributed by atoms with Crippen LogP contribution < -0.4 is 5.32 Å². The Labute approximate surface area is 125 Å². The molecule has 1 aromatic heterocycles. The summed E-state index contributed by atoms with van der Waals surface area (Å²) in [6.07, 6.45) is -0.552. The number of hydrogen-bond acceptors (Lipinski definition) is 4. The van der Waals surface area contributed by atoms with Crippen molar-refractivity contribution in [3.63, 3.8) is 0 Å². The van der Waals surface area contributed by atoms with Crippen molar-refractivity contribution in [1.82, 2.24) is 15.5 Å². The lowest BCUT2D eigenvalue weighted by atomic mass is 10.1. The van der Waals surface area contributed by atoms with Crippen LogP contribution in [0.2, 0.25) is 0 Å². The predicted octanol–water partition coefficient (Wildman–Crippen LogP) is 3.44. The van der Waals surface area contributed by atoms with Gasteiger partial charge in [0, 0.05) is 18.0 Å². The maximum absolute atomic E-state index is 12.7. The standard InChI is InChI=1S/C15H16F3N3O/c16-15(17,18)11-4-1-3-10(9-11)14-20-13(22-21-14)7-6-12-5-2-8-19-12/h1,3-4,9,12,19H,2,5-8H2. The molecule has 2 heterocycles. The lowest BCUT2D eigenvalue weighted by Crippen LogP contribution is -2.21. The Morgan fingerprint density at radius 2 is 2.18 bits per heavy atom. The van der Waals surface area contributed by atoms with Crippen molar-refractivity contribution in [3.05, 3.63) is 35.7 Å². The molecule has 1 saturated heterocycles. The third-order valence-electron chi connectivity index (χ3n) is 3.79. The highest BCUT2D eigenvalue weighted by molar-refractivity contribution is 5.55. The normalized spacial score (nSPS) is 18.8. The number of halogens is 3. The molecule has 1 fully saturated rings. The number of aromatic nitrogens is 2. The fourth-order valence-corrected chi connectivity index (χ4v) is 2.61. The molecule has 1 aromatic carbocycles. The Morgan fingerprint density at radius 1 is 1.32 bits per heavy atom. The maximum Gasteiger partial charge on any atom is 0.416 e. The molecule has 0 bridgehead atoms. The largest absolute Gasteiger partial charge is 0.416 e. The van der Waals surface area contributed by atoms with Gasteiger partial charge in [0.1, 0.15) is 0 Å². The SMILES string of the molecule is FC(F)(F)c1cccc(-c2noc(CCC3CCCN3)n2)c1. The molecule has 1 unspecified atom stereocenters. The first-order valence-corrected chi connectivity index (χ1v) is 7.26. The van der Waals surface area contributed by atoms with Crippen LogP contribution in [-0.4, -0.2) is 22.7 Å². The van der Waals surface area contributed by atoms with Crippen LogP contribution in [-0.2, 0) is 12.6 Å². The second kappa shape index (κ2) is 6.08. The minimum atomic E-state index is -4.38. The number of hydrogen-bond donors (Lipinski definition) is 1. The predicted molar refractivity (Wildman–Crippen MR) is 74.1 cm³/mol. The monoisotopic (exact) mass is 311 g/mol. The average molecular weight is 311 g/mol. The number of rotatable bonds is 4. The van der Waals surface area contributed by atoms with Crippen molar-refractivity contribution < 1.29 is 17.7 Å². The first-order chi connectivity index (χ1) is 10.5. The lowest BCUT2D eigenvalue weighted by molar-refractivity contribution is -0.137. The molecule has 1 N–H and O–H groups in total. The Kier molecular flexibility index (Phi) is 4.15. The third kappa shape index (κ3) is 3.47. The zero-order valence-electron chi connectivity index (χ0n) is 11.9. The van der Waals surface area contributed by atoms with Gasteiger partial charge in [0.2, 0.25) is 11.7 Å². The van der Waals surface area contributed by atoms with Crippen LogP contribution in [0.25, 0.3) is 11.4 Å². The molecule has 0 radical (unpaired) electrons. The van der Waals surface area contributed by atoms with E-state index in [2.05, 4.69) is 15.5 Å². The van der Waals surface area contributed by atoms with E-state index in [0.29, 0.717) is 23.9 Å². The zero-order chi connectivity index (χ0) is 15.6. The molecule has 3 rings (SSSR count). The highest BCUT2D eigenvalue weighted by Gasteiger charge is 2.30. The minimum Gasteiger partial charge on any atom is -0.339 e. The van der Waals surface area contributed by atoms with E-state index in [1.54, 1.807) is 6.07 Å². The maximum atomic E-state index is 12.7. The van der Waals surface area contributed by atoms with Gasteiger partial charge >= 0.3 is 6.18 Å². The summed E-state index contributed by atoms with van der Waals surface area (Å²) in [5.74, 6) is 0.654. The fourth-order valence-electron chi connectivity index (χ4n) is 2.61. The van der Waals surface area contributed by atoms with Crippen molar-refractivity contribution in [2.24, 2.45) is 0 Å². The van der Waals surface area contributed by atoms with Crippen molar-refractivity contribution in [1.29, 1.82) is 0 Å². The Bertz CT molecular complexity index is 633. The zero-order valence-corrected chi connectivity index (χ0v) is 11.9. The Morgan fingerprint density at radius 3 is 2.91 bits per heavy atom. The molecule has 0 saturated carbocycles. The molecule has 0 aliphatic carbocycles. The molecule has 22 heavy (non-hydrogen) atoms. The van der Waals surface area contributed by atoms with Crippen LogP contribution in [0.5, 0.6) is 0 Å². The number of alkyl halides is 3. The number of nitrogens with zero attached hydrogens (tertiary/aromatic N) is 2. The third-order valence-corrected chi connectivity index (χ3v) is 3.79. The Hall–Kier alpha value is -1.89. The summed E-state index contributed by atoms with van der Waals surface area (Å²) in [7, 11) is 0. The molecule has 1 aliphatic heterocycles. The van der Waals surface area contributed by atoms with Gasteiger partial charge in [0.25, 0.3) is 0 Å². The first kappa shape index (κ1) is 15.0. The minimum absolute atomic E-state index is 0.195. The second-order valence-electron chi connectivity index (χ2n) is 5.42. The molecule has 0 amide bonds. The van der Waals surface area contributed by atoms with Crippen LogP contribution in [0.4, 0.5) is 13.2 Å². The lowest BCUT2D eigenvalue weighted by Gasteiger charge is -2.07. The molecule has 4 nitrogen and oxygen atoms in total. The molecule has 0 spiro atoms. The smallest absolute Gasteiger partial charge is 0.339 e. The van der Waals surface area contributed by atoms with Crippen LogP contribution in [0.15, 0.2) is 28.8 Å². The van der Waals surface area contributed by atoms with Crippen molar-refractivity contribution in [2.45, 2.75) is 37.9 Å². The summed E-state index contributed by atoms with van der Waals surface area (Å²) in [6.45, 7) is 1.03. The van der Waals surface area contributed by atoms with Crippen LogP contribution in [0.1, 0.15) is 30.7 Å². The molecule has 2 aromatic rings. The molecule has 7 heteroatoms. The molecule has 118 valence electrons. The van der Waals surface area contributed by atoms with Crippen molar-refractivity contribution >= 4 is 0 Å². The number of nitrogens with one attached hydrogen (secondary N) is 1. The Balaban J connectivity index is 1.70. The summed E-state index contributed by atoms with van der Waals surface area (Å²) in [6, 6.07) is 5.41. The summed E-state index contributed by atoms with van der Waals surface area (Å²) in [5, 5.41) is 7.16. The van der Waals surface area contributed by atoms with Gasteiger partial charge in [-0.15, -0.1) is 0 Å². The van der Waals surface area contributed by atoms with Gasteiger partial charge in [-0.3, -0.25) is 0 Å². The second-order valence-corrected chi connectivity index (χ2v) is 5.42. The van der Waals surface area contributed by atoms with Gasteiger partial charge in [-0.1, -0.05) is 17.3 Å². The highest BCUT2D eigenvalue weighted by atomic mass is 19.4. The molecule has 1 atom stereocenters. The van der Waals surface area contributed by atoms with Crippen molar-refractivity contribution in [2.75, 3.05) is 6.54 Å². The van der Waals surface area contributed by atoms with E-state index in [4.69, 9.17) is 4.52 Å². The van der Waals surface area contributed by atoms with E-state index >= 15 is 0 Å². The number of aryl methyl sites for hydroxylation is 1. The molecule has 1 aliphatic rings. The van der Waals surface area contributed by atoms with E-state index in [0.717, 1.165) is 31.5 Å². The fraction of sp³-hybridized carbons (Fsp3) is 0.467. The van der Waals surface area contributed by atoms with Gasteiger partial charge in [-0.2, -0.15) is 18.2 Å². The summed E-state index contributed by atoms with van der Waals surface area (Å²) in [4.78, 5) is 4.19. The van der Waals surface area contributed by atoms with Gasteiger partial charge in [0.15, 0.2) is 0 Å². The van der Waals surface area contributed by atoms with Gasteiger partial charge in [-0.05, 0) is 37.9 Å². The number of benzene rings is 1. The van der Waals surface area contributed by atoms with E-state index in [-0.39, 0.29) is 5.82 Å². The van der Waals surface area contributed by atoms with E-state index in [1.807, 2.05) is 0 Å². The van der Waals surface area contributed by atoms with Crippen LogP contribution >= 0.6 is 0 Å². The van der Waals surface area contributed by atoms with Crippen molar-refractivity contribution in [3.8, 4) is 11.4 Å². The van der Waals surface area contributed by atoms with Gasteiger partial charge in [-0.25, -0.2) is 0 Å². The molecular weight excluding hydrogens is 295 g/mol. The van der Waals surface area contributed by atoms with E-state index < -0.39 is 11.7 Å². The van der Waals surface area contributed by atoms with E-state index in [9.17, 15) is 13.2 Å². The summed E-state index contributed by atoms with van der Waals surface area (Å²) >= 11 is 0. The van der Waals surface area contributed by atoms with Crippen LogP contribution in [0.3, 0.4) is 0 Å². The van der Waals surface area contributed by atoms with Crippen LogP contribution in [0, 0.1) is 0 Å². The quantitative estimate of drug-likeness (QED) is 0.940. The van der Waals surface area contributed by atoms with Gasteiger partial charge < -0.3 is 9.84 Å². The topological polar surface area (TPSA) is 51.0 Å². The van der Waals surface area contributed by atoms with E-state index in [1.165, 1.54) is 12.5 Å². The highest BCUT2D eigenvalue weighted by Crippen LogP contribution is 2.31. The first-order valence-electron chi connectivity index (χ1n) is 7.26. The van der Waals surface area contributed by atoms with Gasteiger partial charge in [0.05, 0.1) is 5.56 Å². The summed E-state index contributed by atoms with van der Waals surface area (Å²) in [5.41, 5.74) is -0.407.